The van der Waals surface area contributed by atoms with Gasteiger partial charge in [0.25, 0.3) is 0 Å². The smallest absolute Gasteiger partial charge is 0.215 e. The summed E-state index contributed by atoms with van der Waals surface area (Å²) in [4.78, 5) is 0. The molecule has 0 aromatic heterocycles. The second kappa shape index (κ2) is 8.93. The minimum atomic E-state index is -3.22. The highest BCUT2D eigenvalue weighted by Gasteiger charge is 2.24. The summed E-state index contributed by atoms with van der Waals surface area (Å²) >= 11 is 0. The van der Waals surface area contributed by atoms with E-state index < -0.39 is 10.0 Å². The molecule has 5 heteroatoms. The van der Waals surface area contributed by atoms with Crippen LogP contribution in [0.1, 0.15) is 48.0 Å². The third-order valence-corrected chi connectivity index (χ3v) is 5.42. The van der Waals surface area contributed by atoms with E-state index in [1.165, 1.54) is 0 Å². The maximum atomic E-state index is 12.1. The minimum absolute atomic E-state index is 0.380. The van der Waals surface area contributed by atoms with Crippen molar-refractivity contribution in [1.29, 1.82) is 0 Å². The van der Waals surface area contributed by atoms with Crippen molar-refractivity contribution in [1.82, 2.24) is 10.0 Å². The number of sulfonamides is 1. The van der Waals surface area contributed by atoms with Gasteiger partial charge in [0.2, 0.25) is 10.0 Å². The molecule has 0 saturated heterocycles. The molecule has 1 unspecified atom stereocenters. The van der Waals surface area contributed by atoms with Crippen molar-refractivity contribution in [3.63, 3.8) is 0 Å². The van der Waals surface area contributed by atoms with E-state index in [0.717, 1.165) is 13.0 Å². The predicted octanol–water partition coefficient (Wildman–Crippen LogP) is 2.22. The van der Waals surface area contributed by atoms with Crippen LogP contribution in [-0.4, -0.2) is 33.3 Å². The van der Waals surface area contributed by atoms with Crippen LogP contribution in [0.25, 0.3) is 0 Å². The molecule has 0 aromatic rings. The zero-order valence-corrected chi connectivity index (χ0v) is 14.2. The first-order chi connectivity index (χ1) is 8.72. The first-order valence-electron chi connectivity index (χ1n) is 7.41. The van der Waals surface area contributed by atoms with Gasteiger partial charge in [0, 0.05) is 13.1 Å². The van der Waals surface area contributed by atoms with E-state index in [9.17, 15) is 8.42 Å². The molecular weight excluding hydrogens is 260 g/mol. The zero-order chi connectivity index (χ0) is 15.1. The molecule has 19 heavy (non-hydrogen) atoms. The van der Waals surface area contributed by atoms with Gasteiger partial charge in [-0.15, -0.1) is 0 Å². The van der Waals surface area contributed by atoms with E-state index in [2.05, 4.69) is 44.7 Å². The largest absolute Gasteiger partial charge is 0.315 e. The molecule has 0 aliphatic rings. The fourth-order valence-electron chi connectivity index (χ4n) is 2.19. The van der Waals surface area contributed by atoms with Crippen molar-refractivity contribution in [3.8, 4) is 0 Å². The van der Waals surface area contributed by atoms with Gasteiger partial charge in [-0.25, -0.2) is 13.1 Å². The Kier molecular flexibility index (Phi) is 8.86. The molecule has 0 saturated carbocycles. The Labute approximate surface area is 119 Å². The van der Waals surface area contributed by atoms with Gasteiger partial charge in [0.15, 0.2) is 0 Å². The van der Waals surface area contributed by atoms with Crippen molar-refractivity contribution >= 4 is 10.0 Å². The summed E-state index contributed by atoms with van der Waals surface area (Å²) in [6.07, 6.45) is 1.02. The Morgan fingerprint density at radius 3 is 1.89 bits per heavy atom. The molecule has 0 bridgehead atoms. The van der Waals surface area contributed by atoms with Crippen LogP contribution in [0.15, 0.2) is 0 Å². The molecule has 0 amide bonds. The quantitative estimate of drug-likeness (QED) is 0.607. The summed E-state index contributed by atoms with van der Waals surface area (Å²) in [5.74, 6) is 1.35. The maximum Gasteiger partial charge on any atom is 0.215 e. The standard InChI is InChI=1S/C14H32N2O2S/c1-7-8-15-9-13(6)19(17,18)16-10-14(11(2)3)12(4)5/h11-16H,7-10H2,1-6H3. The Hall–Kier alpha value is -0.130. The van der Waals surface area contributed by atoms with E-state index in [1.54, 1.807) is 6.92 Å². The lowest BCUT2D eigenvalue weighted by molar-refractivity contribution is 0.289. The van der Waals surface area contributed by atoms with E-state index in [0.29, 0.717) is 30.8 Å². The Morgan fingerprint density at radius 1 is 0.947 bits per heavy atom. The van der Waals surface area contributed by atoms with Crippen molar-refractivity contribution in [2.45, 2.75) is 53.2 Å². The predicted molar refractivity (Wildman–Crippen MR) is 82.7 cm³/mol. The van der Waals surface area contributed by atoms with E-state index in [1.807, 2.05) is 0 Å². The average molecular weight is 292 g/mol. The number of rotatable bonds is 10. The second-order valence-corrected chi connectivity index (χ2v) is 8.24. The molecule has 0 rings (SSSR count). The summed E-state index contributed by atoms with van der Waals surface area (Å²) in [5.41, 5.74) is 0. The summed E-state index contributed by atoms with van der Waals surface area (Å²) in [6.45, 7) is 14.3. The van der Waals surface area contributed by atoms with Gasteiger partial charge in [0.1, 0.15) is 0 Å². The van der Waals surface area contributed by atoms with Crippen LogP contribution < -0.4 is 10.0 Å². The molecule has 2 N–H and O–H groups in total. The lowest BCUT2D eigenvalue weighted by atomic mass is 9.86. The van der Waals surface area contributed by atoms with Gasteiger partial charge in [-0.05, 0) is 37.6 Å². The van der Waals surface area contributed by atoms with E-state index in [-0.39, 0.29) is 5.25 Å². The molecule has 0 radical (unpaired) electrons. The molecule has 0 aromatic carbocycles. The second-order valence-electron chi connectivity index (χ2n) is 6.06. The third kappa shape index (κ3) is 7.28. The molecule has 0 fully saturated rings. The van der Waals surface area contributed by atoms with Crippen LogP contribution in [0.3, 0.4) is 0 Å². The summed E-state index contributed by atoms with van der Waals surface area (Å²) < 4.78 is 27.0. The van der Waals surface area contributed by atoms with E-state index >= 15 is 0 Å². The molecular formula is C14H32N2O2S. The molecule has 0 heterocycles. The van der Waals surface area contributed by atoms with Gasteiger partial charge in [-0.2, -0.15) is 0 Å². The lowest BCUT2D eigenvalue weighted by Crippen LogP contribution is -2.42. The summed E-state index contributed by atoms with van der Waals surface area (Å²) in [6, 6.07) is 0. The zero-order valence-electron chi connectivity index (χ0n) is 13.4. The number of nitrogens with one attached hydrogen (secondary N) is 2. The first kappa shape index (κ1) is 18.9. The van der Waals surface area contributed by atoms with Gasteiger partial charge in [-0.1, -0.05) is 34.6 Å². The SMILES string of the molecule is CCCNCC(C)S(=O)(=O)NCC(C(C)C)C(C)C. The van der Waals surface area contributed by atoms with Gasteiger partial charge >= 0.3 is 0 Å². The minimum Gasteiger partial charge on any atom is -0.315 e. The molecule has 116 valence electrons. The number of hydrogen-bond donors (Lipinski definition) is 2. The van der Waals surface area contributed by atoms with Gasteiger partial charge < -0.3 is 5.32 Å². The molecule has 4 nitrogen and oxygen atoms in total. The van der Waals surface area contributed by atoms with Crippen LogP contribution in [0, 0.1) is 17.8 Å². The highest BCUT2D eigenvalue weighted by atomic mass is 32.2. The summed E-state index contributed by atoms with van der Waals surface area (Å²) in [5, 5.41) is 2.77. The topological polar surface area (TPSA) is 58.2 Å². The van der Waals surface area contributed by atoms with Crippen LogP contribution in [-0.2, 0) is 10.0 Å². The van der Waals surface area contributed by atoms with Crippen LogP contribution in [0.2, 0.25) is 0 Å². The summed E-state index contributed by atoms with van der Waals surface area (Å²) in [7, 11) is -3.22. The highest BCUT2D eigenvalue weighted by molar-refractivity contribution is 7.90. The van der Waals surface area contributed by atoms with Gasteiger partial charge in [0.05, 0.1) is 5.25 Å². The third-order valence-electron chi connectivity index (χ3n) is 3.62. The van der Waals surface area contributed by atoms with Crippen molar-refractivity contribution in [2.24, 2.45) is 17.8 Å². The van der Waals surface area contributed by atoms with Crippen molar-refractivity contribution in [2.75, 3.05) is 19.6 Å². The fraction of sp³-hybridized carbons (Fsp3) is 1.00. The molecule has 0 aliphatic carbocycles. The molecule has 0 aliphatic heterocycles. The first-order valence-corrected chi connectivity index (χ1v) is 8.96. The normalized spacial score (nSPS) is 14.6. The lowest BCUT2D eigenvalue weighted by Gasteiger charge is -2.26. The Bertz CT molecular complexity index is 318. The van der Waals surface area contributed by atoms with Crippen LogP contribution >= 0.6 is 0 Å². The van der Waals surface area contributed by atoms with Gasteiger partial charge in [-0.3, -0.25) is 0 Å². The van der Waals surface area contributed by atoms with E-state index in [4.69, 9.17) is 0 Å². The van der Waals surface area contributed by atoms with Crippen LogP contribution in [0.4, 0.5) is 0 Å². The Balaban J connectivity index is 4.35. The monoisotopic (exact) mass is 292 g/mol. The highest BCUT2D eigenvalue weighted by Crippen LogP contribution is 2.19. The molecule has 1 atom stereocenters. The molecule has 0 spiro atoms. The van der Waals surface area contributed by atoms with Crippen molar-refractivity contribution < 1.29 is 8.42 Å². The van der Waals surface area contributed by atoms with Crippen molar-refractivity contribution in [3.05, 3.63) is 0 Å². The maximum absolute atomic E-state index is 12.1. The Morgan fingerprint density at radius 2 is 1.47 bits per heavy atom. The van der Waals surface area contributed by atoms with Crippen LogP contribution in [0.5, 0.6) is 0 Å². The number of hydrogen-bond acceptors (Lipinski definition) is 3. The fourth-order valence-corrected chi connectivity index (χ4v) is 3.23. The average Bonchev–Trinajstić information content (AvgIpc) is 2.28.